The molecule has 0 radical (unpaired) electrons. The molecular weight excluding hydrogens is 463 g/mol. The quantitative estimate of drug-likeness (QED) is 0.523. The van der Waals surface area contributed by atoms with Crippen molar-refractivity contribution in [1.82, 2.24) is 5.32 Å². The minimum atomic E-state index is -4.44. The van der Waals surface area contributed by atoms with Crippen LogP contribution in [-0.4, -0.2) is 46.1 Å². The molecule has 0 aromatic heterocycles. The highest BCUT2D eigenvalue weighted by Gasteiger charge is 2.52. The summed E-state index contributed by atoms with van der Waals surface area (Å²) in [6, 6.07) is 12.2. The smallest absolute Gasteiger partial charge is 0.390 e. The van der Waals surface area contributed by atoms with E-state index in [4.69, 9.17) is 9.47 Å². The van der Waals surface area contributed by atoms with Crippen molar-refractivity contribution in [3.05, 3.63) is 70.8 Å². The standard InChI is InChI=1S/C26H30F3NO5/c1-16-4-2-3-5-18(16)15-35-25(24(33)30-20-10-11-20)12-21(31)23(32)22(13-25)34-14-17-6-8-19(9-7-17)26(27,28)29/h2-9,20-23,31-32H,10-15H2,1H3,(H,30,33)/t21-,22?,23-,25+/m1/s1. The first-order valence-electron chi connectivity index (χ1n) is 11.7. The molecule has 4 atom stereocenters. The second-order valence-corrected chi connectivity index (χ2v) is 9.47. The number of alkyl halides is 3. The van der Waals surface area contributed by atoms with Crippen LogP contribution in [0.1, 0.15) is 47.9 Å². The highest BCUT2D eigenvalue weighted by atomic mass is 19.4. The number of hydrogen-bond acceptors (Lipinski definition) is 5. The van der Waals surface area contributed by atoms with Gasteiger partial charge in [0.2, 0.25) is 0 Å². The van der Waals surface area contributed by atoms with E-state index in [2.05, 4.69) is 5.32 Å². The Bertz CT molecular complexity index is 1020. The molecule has 2 aliphatic carbocycles. The lowest BCUT2D eigenvalue weighted by Crippen LogP contribution is -2.60. The SMILES string of the molecule is Cc1ccccc1CO[C@]1(C(=O)NC2CC2)CC(OCc2ccc(C(F)(F)F)cc2)[C@H](O)[C@H](O)C1. The van der Waals surface area contributed by atoms with E-state index in [1.807, 2.05) is 31.2 Å². The van der Waals surface area contributed by atoms with Gasteiger partial charge in [-0.15, -0.1) is 0 Å². The maximum atomic E-state index is 13.3. The third-order valence-corrected chi connectivity index (χ3v) is 6.68. The Morgan fingerprint density at radius 2 is 1.74 bits per heavy atom. The van der Waals surface area contributed by atoms with E-state index < -0.39 is 35.7 Å². The van der Waals surface area contributed by atoms with E-state index >= 15 is 0 Å². The van der Waals surface area contributed by atoms with Crippen LogP contribution in [0.4, 0.5) is 13.2 Å². The van der Waals surface area contributed by atoms with E-state index in [0.717, 1.165) is 36.1 Å². The van der Waals surface area contributed by atoms with E-state index in [-0.39, 0.29) is 38.0 Å². The average Bonchev–Trinajstić information content (AvgIpc) is 3.63. The molecule has 6 nitrogen and oxygen atoms in total. The second kappa shape index (κ2) is 10.3. The lowest BCUT2D eigenvalue weighted by Gasteiger charge is -2.44. The number of ether oxygens (including phenoxy) is 2. The molecule has 0 spiro atoms. The monoisotopic (exact) mass is 493 g/mol. The number of hydrogen-bond donors (Lipinski definition) is 3. The van der Waals surface area contributed by atoms with Crippen LogP contribution in [0, 0.1) is 6.92 Å². The fraction of sp³-hybridized carbons (Fsp3) is 0.500. The summed E-state index contributed by atoms with van der Waals surface area (Å²) in [7, 11) is 0. The molecule has 2 aromatic carbocycles. The minimum absolute atomic E-state index is 0.00367. The van der Waals surface area contributed by atoms with Gasteiger partial charge in [0.15, 0.2) is 5.60 Å². The molecule has 0 heterocycles. The van der Waals surface area contributed by atoms with Crippen molar-refractivity contribution in [2.45, 2.75) is 82.0 Å². The Kier molecular flexibility index (Phi) is 7.51. The van der Waals surface area contributed by atoms with Gasteiger partial charge < -0.3 is 25.0 Å². The van der Waals surface area contributed by atoms with Crippen LogP contribution in [0.15, 0.2) is 48.5 Å². The van der Waals surface area contributed by atoms with Crippen LogP contribution in [0.5, 0.6) is 0 Å². The van der Waals surface area contributed by atoms with Crippen molar-refractivity contribution in [3.8, 4) is 0 Å². The maximum absolute atomic E-state index is 13.3. The summed E-state index contributed by atoms with van der Waals surface area (Å²) in [5, 5.41) is 24.2. The summed E-state index contributed by atoms with van der Waals surface area (Å²) in [6.45, 7) is 1.98. The van der Waals surface area contributed by atoms with Crippen molar-refractivity contribution in [1.29, 1.82) is 0 Å². The van der Waals surface area contributed by atoms with Gasteiger partial charge >= 0.3 is 6.18 Å². The van der Waals surface area contributed by atoms with Gasteiger partial charge in [-0.1, -0.05) is 36.4 Å². The summed E-state index contributed by atoms with van der Waals surface area (Å²) in [4.78, 5) is 13.3. The molecule has 9 heteroatoms. The largest absolute Gasteiger partial charge is 0.416 e. The molecule has 2 aliphatic rings. The van der Waals surface area contributed by atoms with Crippen LogP contribution in [-0.2, 0) is 33.7 Å². The number of halogens is 3. The fourth-order valence-corrected chi connectivity index (χ4v) is 4.29. The van der Waals surface area contributed by atoms with Crippen molar-refractivity contribution in [3.63, 3.8) is 0 Å². The topological polar surface area (TPSA) is 88.0 Å². The Morgan fingerprint density at radius 1 is 1.06 bits per heavy atom. The predicted molar refractivity (Wildman–Crippen MR) is 121 cm³/mol. The van der Waals surface area contributed by atoms with Crippen molar-refractivity contribution in [2.75, 3.05) is 0 Å². The van der Waals surface area contributed by atoms with Crippen LogP contribution < -0.4 is 5.32 Å². The Labute approximate surface area is 202 Å². The molecular formula is C26H30F3NO5. The predicted octanol–water partition coefficient (Wildman–Crippen LogP) is 3.65. The molecule has 2 saturated carbocycles. The van der Waals surface area contributed by atoms with Crippen LogP contribution >= 0.6 is 0 Å². The molecule has 2 fully saturated rings. The Balaban J connectivity index is 1.50. The van der Waals surface area contributed by atoms with Gasteiger partial charge in [-0.3, -0.25) is 4.79 Å². The summed E-state index contributed by atoms with van der Waals surface area (Å²) in [6.07, 6.45) is -6.29. The molecule has 1 unspecified atom stereocenters. The molecule has 2 aromatic rings. The molecule has 0 saturated heterocycles. The van der Waals surface area contributed by atoms with Gasteiger partial charge in [-0.2, -0.15) is 13.2 Å². The zero-order valence-electron chi connectivity index (χ0n) is 19.4. The van der Waals surface area contributed by atoms with Gasteiger partial charge in [-0.25, -0.2) is 0 Å². The number of carbonyl (C=O) groups excluding carboxylic acids is 1. The number of aliphatic hydroxyl groups is 2. The number of aliphatic hydroxyl groups excluding tert-OH is 2. The van der Waals surface area contributed by atoms with Gasteiger partial charge in [0.1, 0.15) is 6.10 Å². The summed E-state index contributed by atoms with van der Waals surface area (Å²) in [5.74, 6) is -0.359. The molecule has 190 valence electrons. The van der Waals surface area contributed by atoms with Crippen LogP contribution in [0.25, 0.3) is 0 Å². The molecule has 0 aliphatic heterocycles. The van der Waals surface area contributed by atoms with E-state index in [1.54, 1.807) is 0 Å². The maximum Gasteiger partial charge on any atom is 0.416 e. The first-order chi connectivity index (χ1) is 16.6. The summed E-state index contributed by atoms with van der Waals surface area (Å²) < 4.78 is 50.5. The van der Waals surface area contributed by atoms with Crippen LogP contribution in [0.3, 0.4) is 0 Å². The van der Waals surface area contributed by atoms with Crippen molar-refractivity contribution in [2.24, 2.45) is 0 Å². The number of carbonyl (C=O) groups is 1. The third kappa shape index (κ3) is 6.22. The second-order valence-electron chi connectivity index (χ2n) is 9.47. The van der Waals surface area contributed by atoms with Crippen molar-refractivity contribution >= 4 is 5.91 Å². The lowest BCUT2D eigenvalue weighted by molar-refractivity contribution is -0.200. The summed E-state index contributed by atoms with van der Waals surface area (Å²) >= 11 is 0. The van der Waals surface area contributed by atoms with Gasteiger partial charge in [0.25, 0.3) is 5.91 Å². The van der Waals surface area contributed by atoms with Crippen LogP contribution in [0.2, 0.25) is 0 Å². The molecule has 4 rings (SSSR count). The third-order valence-electron chi connectivity index (χ3n) is 6.68. The van der Waals surface area contributed by atoms with Crippen molar-refractivity contribution < 1.29 is 37.7 Å². The molecule has 35 heavy (non-hydrogen) atoms. The Morgan fingerprint density at radius 3 is 2.37 bits per heavy atom. The Hall–Kier alpha value is -2.46. The first kappa shape index (κ1) is 25.6. The molecule has 3 N–H and O–H groups in total. The fourth-order valence-electron chi connectivity index (χ4n) is 4.29. The number of rotatable bonds is 8. The average molecular weight is 494 g/mol. The van der Waals surface area contributed by atoms with E-state index in [9.17, 15) is 28.2 Å². The highest BCUT2D eigenvalue weighted by molar-refractivity contribution is 5.86. The molecule has 1 amide bonds. The highest BCUT2D eigenvalue weighted by Crippen LogP contribution is 2.37. The van der Waals surface area contributed by atoms with Gasteiger partial charge in [-0.05, 0) is 48.6 Å². The number of benzene rings is 2. The lowest BCUT2D eigenvalue weighted by atomic mass is 9.78. The van der Waals surface area contributed by atoms with E-state index in [0.29, 0.717) is 5.56 Å². The number of amides is 1. The van der Waals surface area contributed by atoms with Gasteiger partial charge in [0, 0.05) is 18.9 Å². The number of nitrogens with one attached hydrogen (secondary N) is 1. The zero-order valence-corrected chi connectivity index (χ0v) is 19.4. The van der Waals surface area contributed by atoms with E-state index in [1.165, 1.54) is 12.1 Å². The number of aryl methyl sites for hydroxylation is 1. The first-order valence-corrected chi connectivity index (χ1v) is 11.7. The normalized spacial score (nSPS) is 27.0. The molecule has 0 bridgehead atoms. The zero-order chi connectivity index (χ0) is 25.2. The van der Waals surface area contributed by atoms with Gasteiger partial charge in [0.05, 0.1) is 31.0 Å². The minimum Gasteiger partial charge on any atom is -0.390 e. The summed E-state index contributed by atoms with van der Waals surface area (Å²) in [5.41, 5.74) is 0.175.